The van der Waals surface area contributed by atoms with Crippen molar-refractivity contribution >= 4 is 32.7 Å². The lowest BCUT2D eigenvalue weighted by atomic mass is 10.3. The lowest BCUT2D eigenvalue weighted by Gasteiger charge is -1.93. The number of nitrogens with zero attached hydrogens (tertiary/aromatic N) is 2. The number of non-ortho nitro benzene ring substituents is 1. The van der Waals surface area contributed by atoms with Crippen LogP contribution in [0.1, 0.15) is 12.7 Å². The molecule has 1 N–H and O–H groups in total. The van der Waals surface area contributed by atoms with Crippen LogP contribution >= 0.6 is 15.9 Å². The maximum Gasteiger partial charge on any atom is 0.272 e. The summed E-state index contributed by atoms with van der Waals surface area (Å²) >= 11 is 3.27. The first-order chi connectivity index (χ1) is 7.11. The zero-order valence-corrected chi connectivity index (χ0v) is 9.54. The number of aromatic amines is 1. The Kier molecular flexibility index (Phi) is 2.44. The SMILES string of the molecule is CCc1nc2c(Br)cc([N+](=O)[O-])cc2[nH]1. The molecule has 1 heterocycles. The van der Waals surface area contributed by atoms with Crippen molar-refractivity contribution in [1.29, 1.82) is 0 Å². The maximum absolute atomic E-state index is 10.6. The van der Waals surface area contributed by atoms with Crippen LogP contribution in [0.15, 0.2) is 16.6 Å². The first kappa shape index (κ1) is 10.1. The highest BCUT2D eigenvalue weighted by atomic mass is 79.9. The standard InChI is InChI=1S/C9H8BrN3O2/c1-2-8-11-7-4-5(13(14)15)3-6(10)9(7)12-8/h3-4H,2H2,1H3,(H,11,12). The van der Waals surface area contributed by atoms with Crippen LogP contribution in [0.2, 0.25) is 0 Å². The Balaban J connectivity index is 2.70. The van der Waals surface area contributed by atoms with E-state index in [2.05, 4.69) is 25.9 Å². The number of benzene rings is 1. The molecule has 0 saturated heterocycles. The van der Waals surface area contributed by atoms with Gasteiger partial charge in [-0.1, -0.05) is 6.92 Å². The van der Waals surface area contributed by atoms with Crippen LogP contribution in [-0.2, 0) is 6.42 Å². The summed E-state index contributed by atoms with van der Waals surface area (Å²) in [7, 11) is 0. The smallest absolute Gasteiger partial charge is 0.272 e. The topological polar surface area (TPSA) is 71.8 Å². The van der Waals surface area contributed by atoms with Gasteiger partial charge in [-0.05, 0) is 15.9 Å². The third kappa shape index (κ3) is 1.72. The molecule has 0 aliphatic carbocycles. The van der Waals surface area contributed by atoms with Crippen molar-refractivity contribution < 1.29 is 4.92 Å². The van der Waals surface area contributed by atoms with Crippen LogP contribution in [-0.4, -0.2) is 14.9 Å². The monoisotopic (exact) mass is 269 g/mol. The van der Waals surface area contributed by atoms with E-state index in [1.54, 1.807) is 0 Å². The second kappa shape index (κ2) is 3.62. The van der Waals surface area contributed by atoms with Crippen molar-refractivity contribution in [2.45, 2.75) is 13.3 Å². The van der Waals surface area contributed by atoms with Gasteiger partial charge in [-0.2, -0.15) is 0 Å². The lowest BCUT2D eigenvalue weighted by Crippen LogP contribution is -1.87. The van der Waals surface area contributed by atoms with E-state index >= 15 is 0 Å². The van der Waals surface area contributed by atoms with Crippen molar-refractivity contribution in [1.82, 2.24) is 9.97 Å². The molecule has 15 heavy (non-hydrogen) atoms. The molecule has 0 bridgehead atoms. The van der Waals surface area contributed by atoms with Crippen molar-refractivity contribution in [3.8, 4) is 0 Å². The molecule has 5 nitrogen and oxygen atoms in total. The number of fused-ring (bicyclic) bond motifs is 1. The van der Waals surface area contributed by atoms with E-state index in [-0.39, 0.29) is 5.69 Å². The number of H-pyrrole nitrogens is 1. The Hall–Kier alpha value is -1.43. The molecular formula is C9H8BrN3O2. The molecule has 0 radical (unpaired) electrons. The van der Waals surface area contributed by atoms with Gasteiger partial charge >= 0.3 is 0 Å². The Bertz CT molecular complexity index is 535. The van der Waals surface area contributed by atoms with E-state index in [1.807, 2.05) is 6.92 Å². The Morgan fingerprint density at radius 3 is 2.93 bits per heavy atom. The molecule has 0 saturated carbocycles. The molecule has 0 unspecified atom stereocenters. The van der Waals surface area contributed by atoms with Crippen molar-refractivity contribution in [2.24, 2.45) is 0 Å². The van der Waals surface area contributed by atoms with Gasteiger partial charge in [-0.25, -0.2) is 4.98 Å². The highest BCUT2D eigenvalue weighted by Gasteiger charge is 2.12. The lowest BCUT2D eigenvalue weighted by molar-refractivity contribution is -0.384. The molecule has 6 heteroatoms. The number of nitro benzene ring substituents is 1. The quantitative estimate of drug-likeness (QED) is 0.673. The van der Waals surface area contributed by atoms with Crippen molar-refractivity contribution in [3.05, 3.63) is 32.5 Å². The molecule has 0 spiro atoms. The average molecular weight is 270 g/mol. The second-order valence-electron chi connectivity index (χ2n) is 3.12. The molecule has 0 amide bonds. The fourth-order valence-electron chi connectivity index (χ4n) is 1.38. The zero-order chi connectivity index (χ0) is 11.0. The van der Waals surface area contributed by atoms with Crippen molar-refractivity contribution in [2.75, 3.05) is 0 Å². The molecule has 78 valence electrons. The van der Waals surface area contributed by atoms with Gasteiger partial charge in [0.25, 0.3) is 5.69 Å². The molecular weight excluding hydrogens is 262 g/mol. The van der Waals surface area contributed by atoms with Crippen molar-refractivity contribution in [3.63, 3.8) is 0 Å². The number of rotatable bonds is 2. The molecule has 0 fully saturated rings. The van der Waals surface area contributed by atoms with E-state index in [1.165, 1.54) is 12.1 Å². The molecule has 0 aliphatic rings. The fourth-order valence-corrected chi connectivity index (χ4v) is 1.92. The number of aryl methyl sites for hydroxylation is 1. The first-order valence-corrected chi connectivity index (χ1v) is 5.23. The van der Waals surface area contributed by atoms with Gasteiger partial charge in [-0.3, -0.25) is 10.1 Å². The molecule has 1 aromatic carbocycles. The summed E-state index contributed by atoms with van der Waals surface area (Å²) in [6.07, 6.45) is 0.773. The number of hydrogen-bond acceptors (Lipinski definition) is 3. The molecule has 2 aromatic rings. The summed E-state index contributed by atoms with van der Waals surface area (Å²) in [6.45, 7) is 1.97. The largest absolute Gasteiger partial charge is 0.342 e. The van der Waals surface area contributed by atoms with Crippen LogP contribution in [0.5, 0.6) is 0 Å². The highest BCUT2D eigenvalue weighted by Crippen LogP contribution is 2.27. The summed E-state index contributed by atoms with van der Waals surface area (Å²) in [5, 5.41) is 10.6. The van der Waals surface area contributed by atoms with E-state index in [0.29, 0.717) is 9.99 Å². The maximum atomic E-state index is 10.6. The predicted octanol–water partition coefficient (Wildman–Crippen LogP) is 2.80. The average Bonchev–Trinajstić information content (AvgIpc) is 2.61. The van der Waals surface area contributed by atoms with Crippen LogP contribution < -0.4 is 0 Å². The van der Waals surface area contributed by atoms with Gasteiger partial charge in [0.1, 0.15) is 11.3 Å². The summed E-state index contributed by atoms with van der Waals surface area (Å²) in [5.41, 5.74) is 1.48. The molecule has 0 atom stereocenters. The number of nitrogens with one attached hydrogen (secondary N) is 1. The highest BCUT2D eigenvalue weighted by molar-refractivity contribution is 9.10. The minimum atomic E-state index is -0.420. The number of imidazole rings is 1. The number of nitro groups is 1. The van der Waals surface area contributed by atoms with Gasteiger partial charge in [0, 0.05) is 18.6 Å². The number of aromatic nitrogens is 2. The molecule has 2 rings (SSSR count). The summed E-state index contributed by atoms with van der Waals surface area (Å²) < 4.78 is 0.641. The van der Waals surface area contributed by atoms with Gasteiger partial charge < -0.3 is 4.98 Å². The third-order valence-electron chi connectivity index (χ3n) is 2.12. The Labute approximate surface area is 93.8 Å². The van der Waals surface area contributed by atoms with Gasteiger partial charge in [-0.15, -0.1) is 0 Å². The van der Waals surface area contributed by atoms with Crippen LogP contribution in [0.25, 0.3) is 11.0 Å². The molecule has 1 aromatic heterocycles. The third-order valence-corrected chi connectivity index (χ3v) is 2.72. The van der Waals surface area contributed by atoms with Gasteiger partial charge in [0.2, 0.25) is 0 Å². The first-order valence-electron chi connectivity index (χ1n) is 4.44. The van der Waals surface area contributed by atoms with Gasteiger partial charge in [0.15, 0.2) is 0 Å². The van der Waals surface area contributed by atoms with Crippen LogP contribution in [0, 0.1) is 10.1 Å². The Morgan fingerprint density at radius 1 is 1.60 bits per heavy atom. The van der Waals surface area contributed by atoms with Crippen LogP contribution in [0.3, 0.4) is 0 Å². The van der Waals surface area contributed by atoms with E-state index in [4.69, 9.17) is 0 Å². The van der Waals surface area contributed by atoms with E-state index < -0.39 is 4.92 Å². The zero-order valence-electron chi connectivity index (χ0n) is 7.95. The predicted molar refractivity (Wildman–Crippen MR) is 59.8 cm³/mol. The van der Waals surface area contributed by atoms with Gasteiger partial charge in [0.05, 0.1) is 14.9 Å². The minimum Gasteiger partial charge on any atom is -0.342 e. The van der Waals surface area contributed by atoms with Crippen LogP contribution in [0.4, 0.5) is 5.69 Å². The van der Waals surface area contributed by atoms with E-state index in [0.717, 1.165) is 17.8 Å². The summed E-state index contributed by atoms with van der Waals surface area (Å²) in [4.78, 5) is 17.5. The summed E-state index contributed by atoms with van der Waals surface area (Å²) in [5.74, 6) is 0.825. The normalized spacial score (nSPS) is 10.8. The number of hydrogen-bond donors (Lipinski definition) is 1. The fraction of sp³-hybridized carbons (Fsp3) is 0.222. The molecule has 0 aliphatic heterocycles. The number of halogens is 1. The summed E-state index contributed by atoms with van der Waals surface area (Å²) in [6, 6.07) is 2.95. The Morgan fingerprint density at radius 2 is 2.33 bits per heavy atom. The second-order valence-corrected chi connectivity index (χ2v) is 3.97. The van der Waals surface area contributed by atoms with E-state index in [9.17, 15) is 10.1 Å². The minimum absolute atomic E-state index is 0.0562.